The van der Waals surface area contributed by atoms with Crippen molar-refractivity contribution in [2.75, 3.05) is 5.75 Å². The number of sulfone groups is 1. The molecule has 0 saturated heterocycles. The fourth-order valence-corrected chi connectivity index (χ4v) is 3.02. The van der Waals surface area contributed by atoms with Gasteiger partial charge in [0.1, 0.15) is 5.75 Å². The van der Waals surface area contributed by atoms with Crippen molar-refractivity contribution < 1.29 is 23.1 Å². The standard InChI is InChI=1S/C12H13NO5S/c14-11(13-8-5-6-8)7-19(17,18)10-4-2-1-3-9(10)12(15)16/h1-4,8H,5-7H2,(H,13,14)(H,15,16). The summed E-state index contributed by atoms with van der Waals surface area (Å²) in [5.41, 5.74) is -0.318. The van der Waals surface area contributed by atoms with E-state index in [0.717, 1.165) is 12.8 Å². The summed E-state index contributed by atoms with van der Waals surface area (Å²) in [5, 5.41) is 11.5. The molecule has 0 aromatic heterocycles. The molecule has 0 unspecified atom stereocenters. The normalized spacial score (nSPS) is 14.9. The molecule has 1 saturated carbocycles. The molecular weight excluding hydrogens is 270 g/mol. The Morgan fingerprint density at radius 3 is 2.47 bits per heavy atom. The first kappa shape index (κ1) is 13.5. The van der Waals surface area contributed by atoms with E-state index in [9.17, 15) is 18.0 Å². The minimum Gasteiger partial charge on any atom is -0.478 e. The van der Waals surface area contributed by atoms with Gasteiger partial charge < -0.3 is 10.4 Å². The highest BCUT2D eigenvalue weighted by atomic mass is 32.2. The molecule has 0 atom stereocenters. The lowest BCUT2D eigenvalue weighted by atomic mass is 10.2. The van der Waals surface area contributed by atoms with Crippen molar-refractivity contribution in [3.63, 3.8) is 0 Å². The lowest BCUT2D eigenvalue weighted by Gasteiger charge is -2.07. The van der Waals surface area contributed by atoms with Gasteiger partial charge in [-0.05, 0) is 25.0 Å². The van der Waals surface area contributed by atoms with Crippen LogP contribution in [0.15, 0.2) is 29.2 Å². The third-order valence-corrected chi connectivity index (χ3v) is 4.38. The number of carboxylic acids is 1. The van der Waals surface area contributed by atoms with Crippen molar-refractivity contribution in [1.82, 2.24) is 5.32 Å². The van der Waals surface area contributed by atoms with E-state index in [-0.39, 0.29) is 16.5 Å². The summed E-state index contributed by atoms with van der Waals surface area (Å²) in [6.45, 7) is 0. The smallest absolute Gasteiger partial charge is 0.337 e. The van der Waals surface area contributed by atoms with Crippen LogP contribution in [-0.2, 0) is 14.6 Å². The second-order valence-corrected chi connectivity index (χ2v) is 6.36. The maximum atomic E-state index is 12.0. The monoisotopic (exact) mass is 283 g/mol. The van der Waals surface area contributed by atoms with Gasteiger partial charge in [0.15, 0.2) is 9.84 Å². The number of carbonyl (C=O) groups excluding carboxylic acids is 1. The topological polar surface area (TPSA) is 101 Å². The molecule has 2 N–H and O–H groups in total. The van der Waals surface area contributed by atoms with E-state index in [4.69, 9.17) is 5.11 Å². The van der Waals surface area contributed by atoms with Gasteiger partial charge >= 0.3 is 5.97 Å². The molecule has 1 aliphatic carbocycles. The zero-order valence-corrected chi connectivity index (χ0v) is 10.8. The van der Waals surface area contributed by atoms with Gasteiger partial charge in [0.05, 0.1) is 10.5 Å². The summed E-state index contributed by atoms with van der Waals surface area (Å²) in [7, 11) is -3.95. The predicted octanol–water partition coefficient (Wildman–Crippen LogP) is 0.437. The first-order chi connectivity index (χ1) is 8.90. The Labute approximate surface area is 110 Å². The summed E-state index contributed by atoms with van der Waals surface area (Å²) >= 11 is 0. The van der Waals surface area contributed by atoms with E-state index in [1.807, 2.05) is 0 Å². The van der Waals surface area contributed by atoms with Gasteiger partial charge in [-0.25, -0.2) is 13.2 Å². The molecule has 0 radical (unpaired) electrons. The number of hydrogen-bond donors (Lipinski definition) is 2. The Kier molecular flexibility index (Phi) is 3.57. The van der Waals surface area contributed by atoms with E-state index in [1.165, 1.54) is 24.3 Å². The van der Waals surface area contributed by atoms with Crippen LogP contribution in [0.5, 0.6) is 0 Å². The van der Waals surface area contributed by atoms with Gasteiger partial charge in [-0.15, -0.1) is 0 Å². The van der Waals surface area contributed by atoms with Crippen LogP contribution in [0.1, 0.15) is 23.2 Å². The van der Waals surface area contributed by atoms with E-state index < -0.39 is 27.5 Å². The molecule has 0 aliphatic heterocycles. The van der Waals surface area contributed by atoms with Gasteiger partial charge in [-0.1, -0.05) is 12.1 Å². The van der Waals surface area contributed by atoms with Crippen molar-refractivity contribution >= 4 is 21.7 Å². The largest absolute Gasteiger partial charge is 0.478 e. The summed E-state index contributed by atoms with van der Waals surface area (Å²) in [5.74, 6) is -2.65. The number of aromatic carboxylic acids is 1. The van der Waals surface area contributed by atoms with Gasteiger partial charge in [-0.2, -0.15) is 0 Å². The number of rotatable bonds is 5. The first-order valence-electron chi connectivity index (χ1n) is 5.74. The highest BCUT2D eigenvalue weighted by molar-refractivity contribution is 7.92. The quantitative estimate of drug-likeness (QED) is 0.816. The van der Waals surface area contributed by atoms with Crippen molar-refractivity contribution in [1.29, 1.82) is 0 Å². The molecule has 102 valence electrons. The van der Waals surface area contributed by atoms with Crippen LogP contribution >= 0.6 is 0 Å². The zero-order chi connectivity index (χ0) is 14.0. The Balaban J connectivity index is 2.23. The van der Waals surface area contributed by atoms with Gasteiger partial charge in [0.25, 0.3) is 0 Å². The van der Waals surface area contributed by atoms with E-state index in [0.29, 0.717) is 0 Å². The average Bonchev–Trinajstić information content (AvgIpc) is 3.12. The molecule has 0 heterocycles. The van der Waals surface area contributed by atoms with Crippen LogP contribution in [0, 0.1) is 0 Å². The average molecular weight is 283 g/mol. The third-order valence-electron chi connectivity index (χ3n) is 2.72. The van der Waals surface area contributed by atoms with E-state index in [1.54, 1.807) is 0 Å². The van der Waals surface area contributed by atoms with Crippen LogP contribution in [-0.4, -0.2) is 37.2 Å². The van der Waals surface area contributed by atoms with Crippen molar-refractivity contribution in [2.45, 2.75) is 23.8 Å². The van der Waals surface area contributed by atoms with Crippen LogP contribution in [0.25, 0.3) is 0 Å². The molecule has 0 spiro atoms. The molecule has 2 rings (SSSR count). The Hall–Kier alpha value is -1.89. The summed E-state index contributed by atoms with van der Waals surface area (Å²) in [6, 6.07) is 5.33. The number of nitrogens with one attached hydrogen (secondary N) is 1. The maximum absolute atomic E-state index is 12.0. The molecule has 7 heteroatoms. The van der Waals surface area contributed by atoms with Crippen LogP contribution < -0.4 is 5.32 Å². The molecule has 1 amide bonds. The first-order valence-corrected chi connectivity index (χ1v) is 7.40. The lowest BCUT2D eigenvalue weighted by Crippen LogP contribution is -2.32. The van der Waals surface area contributed by atoms with Crippen molar-refractivity contribution in [3.8, 4) is 0 Å². The third kappa shape index (κ3) is 3.31. The van der Waals surface area contributed by atoms with Crippen LogP contribution in [0.3, 0.4) is 0 Å². The van der Waals surface area contributed by atoms with Crippen molar-refractivity contribution in [3.05, 3.63) is 29.8 Å². The lowest BCUT2D eigenvalue weighted by molar-refractivity contribution is -0.118. The highest BCUT2D eigenvalue weighted by Crippen LogP contribution is 2.20. The summed E-state index contributed by atoms with van der Waals surface area (Å²) in [4.78, 5) is 22.2. The molecule has 19 heavy (non-hydrogen) atoms. The molecule has 1 aliphatic rings. The van der Waals surface area contributed by atoms with E-state index in [2.05, 4.69) is 5.32 Å². The Bertz CT molecular complexity index is 619. The van der Waals surface area contributed by atoms with Crippen molar-refractivity contribution in [2.24, 2.45) is 0 Å². The van der Waals surface area contributed by atoms with Gasteiger partial charge in [-0.3, -0.25) is 4.79 Å². The highest BCUT2D eigenvalue weighted by Gasteiger charge is 2.28. The molecular formula is C12H13NO5S. The molecule has 6 nitrogen and oxygen atoms in total. The zero-order valence-electron chi connectivity index (χ0n) is 10.00. The number of benzene rings is 1. The van der Waals surface area contributed by atoms with Crippen LogP contribution in [0.4, 0.5) is 0 Å². The summed E-state index contributed by atoms with van der Waals surface area (Å²) in [6.07, 6.45) is 1.72. The number of amides is 1. The fraction of sp³-hybridized carbons (Fsp3) is 0.333. The van der Waals surface area contributed by atoms with Gasteiger partial charge in [0, 0.05) is 6.04 Å². The SMILES string of the molecule is O=C(CS(=O)(=O)c1ccccc1C(=O)O)NC1CC1. The van der Waals surface area contributed by atoms with E-state index >= 15 is 0 Å². The van der Waals surface area contributed by atoms with Gasteiger partial charge in [0.2, 0.25) is 5.91 Å². The fourth-order valence-electron chi connectivity index (χ4n) is 1.66. The Morgan fingerprint density at radius 2 is 1.89 bits per heavy atom. The second-order valence-electron chi connectivity index (χ2n) is 4.40. The summed E-state index contributed by atoms with van der Waals surface area (Å²) < 4.78 is 24.1. The number of hydrogen-bond acceptors (Lipinski definition) is 4. The van der Waals surface area contributed by atoms with Crippen LogP contribution in [0.2, 0.25) is 0 Å². The molecule has 1 fully saturated rings. The molecule has 1 aromatic carbocycles. The minimum atomic E-state index is -3.95. The number of carboxylic acid groups (broad SMARTS) is 1. The molecule has 1 aromatic rings. The minimum absolute atomic E-state index is 0.0671. The Morgan fingerprint density at radius 1 is 1.26 bits per heavy atom. The predicted molar refractivity (Wildman–Crippen MR) is 66.6 cm³/mol. The molecule has 0 bridgehead atoms. The number of carbonyl (C=O) groups is 2. The maximum Gasteiger partial charge on any atom is 0.337 e. The second kappa shape index (κ2) is 5.00.